The summed E-state index contributed by atoms with van der Waals surface area (Å²) in [5, 5.41) is 6.29. The zero-order valence-corrected chi connectivity index (χ0v) is 12.1. The molecule has 0 bridgehead atoms. The summed E-state index contributed by atoms with van der Waals surface area (Å²) in [5.41, 5.74) is 2.64. The number of nitrogens with one attached hydrogen (secondary N) is 2. The first kappa shape index (κ1) is 14.1. The molecule has 1 heterocycles. The number of hydrogen-bond acceptors (Lipinski definition) is 5. The molecule has 5 heteroatoms. The summed E-state index contributed by atoms with van der Waals surface area (Å²) in [6.45, 7) is 2.92. The maximum absolute atomic E-state index is 5.34. The first-order valence-corrected chi connectivity index (χ1v) is 6.61. The van der Waals surface area contributed by atoms with Crippen molar-refractivity contribution in [3.05, 3.63) is 41.7 Å². The highest BCUT2D eigenvalue weighted by atomic mass is 16.5. The Morgan fingerprint density at radius 2 is 1.90 bits per heavy atom. The van der Waals surface area contributed by atoms with Crippen molar-refractivity contribution in [2.75, 3.05) is 31.3 Å². The third-order valence-electron chi connectivity index (χ3n) is 3.19. The van der Waals surface area contributed by atoms with E-state index in [-0.39, 0.29) is 0 Å². The topological polar surface area (TPSA) is 59.1 Å². The van der Waals surface area contributed by atoms with Crippen LogP contribution in [0, 0.1) is 6.92 Å². The smallest absolute Gasteiger partial charge is 0.204 e. The maximum atomic E-state index is 5.34. The number of hydrogen-bond donors (Lipinski definition) is 2. The second kappa shape index (κ2) is 6.75. The molecule has 1 aromatic carbocycles. The van der Waals surface area contributed by atoms with E-state index < -0.39 is 0 Å². The van der Waals surface area contributed by atoms with Crippen LogP contribution in [0.3, 0.4) is 0 Å². The first-order valence-electron chi connectivity index (χ1n) is 6.61. The van der Waals surface area contributed by atoms with Gasteiger partial charge in [-0.1, -0.05) is 24.3 Å². The number of benzene rings is 1. The highest BCUT2D eigenvalue weighted by Gasteiger charge is 2.10. The molecule has 0 radical (unpaired) electrons. The fourth-order valence-corrected chi connectivity index (χ4v) is 2.08. The van der Waals surface area contributed by atoms with Crippen LogP contribution in [0.4, 0.5) is 11.6 Å². The number of nitrogens with zero attached hydrogens (tertiary/aromatic N) is 2. The minimum absolute atomic E-state index is 0.639. The minimum Gasteiger partial charge on any atom is -0.490 e. The lowest BCUT2D eigenvalue weighted by Crippen LogP contribution is -2.10. The number of anilines is 2. The zero-order valence-electron chi connectivity index (χ0n) is 12.1. The molecule has 0 saturated carbocycles. The third-order valence-corrected chi connectivity index (χ3v) is 3.19. The summed E-state index contributed by atoms with van der Waals surface area (Å²) < 4.78 is 5.34. The fraction of sp³-hybridized carbons (Fsp3) is 0.333. The van der Waals surface area contributed by atoms with E-state index in [4.69, 9.17) is 4.74 Å². The molecule has 0 unspecified atom stereocenters. The predicted octanol–water partition coefficient (Wildman–Crippen LogP) is 2.49. The number of aryl methyl sites for hydroxylation is 1. The van der Waals surface area contributed by atoms with E-state index in [9.17, 15) is 0 Å². The van der Waals surface area contributed by atoms with Crippen molar-refractivity contribution in [2.45, 2.75) is 13.3 Å². The lowest BCUT2D eigenvalue weighted by atomic mass is 10.1. The molecule has 106 valence electrons. The Morgan fingerprint density at radius 1 is 1.15 bits per heavy atom. The van der Waals surface area contributed by atoms with Crippen LogP contribution in [0.1, 0.15) is 11.1 Å². The van der Waals surface area contributed by atoms with Crippen LogP contribution in [-0.2, 0) is 6.42 Å². The SMILES string of the molecule is CNc1ncnc(NCCc2ccccc2C)c1OC. The Hall–Kier alpha value is -2.30. The average molecular weight is 272 g/mol. The Bertz CT molecular complexity index is 572. The van der Waals surface area contributed by atoms with E-state index in [2.05, 4.69) is 51.8 Å². The number of ether oxygens (including phenoxy) is 1. The highest BCUT2D eigenvalue weighted by molar-refractivity contribution is 5.63. The van der Waals surface area contributed by atoms with Gasteiger partial charge in [-0.3, -0.25) is 0 Å². The molecule has 20 heavy (non-hydrogen) atoms. The van der Waals surface area contributed by atoms with E-state index in [1.54, 1.807) is 7.11 Å². The van der Waals surface area contributed by atoms with E-state index in [0.717, 1.165) is 13.0 Å². The number of methoxy groups -OCH3 is 1. The Morgan fingerprint density at radius 3 is 2.60 bits per heavy atom. The van der Waals surface area contributed by atoms with Gasteiger partial charge in [0.1, 0.15) is 6.33 Å². The van der Waals surface area contributed by atoms with Crippen LogP contribution in [0.15, 0.2) is 30.6 Å². The molecule has 2 N–H and O–H groups in total. The van der Waals surface area contributed by atoms with Gasteiger partial charge < -0.3 is 15.4 Å². The number of aromatic nitrogens is 2. The molecule has 0 amide bonds. The van der Waals surface area contributed by atoms with Crippen LogP contribution in [0.25, 0.3) is 0 Å². The molecule has 0 aliphatic carbocycles. The summed E-state index contributed by atoms with van der Waals surface area (Å²) in [7, 11) is 3.42. The summed E-state index contributed by atoms with van der Waals surface area (Å²) >= 11 is 0. The van der Waals surface area contributed by atoms with Crippen LogP contribution < -0.4 is 15.4 Å². The van der Waals surface area contributed by atoms with Crippen LogP contribution in [0.2, 0.25) is 0 Å². The van der Waals surface area contributed by atoms with Crippen molar-refractivity contribution in [2.24, 2.45) is 0 Å². The van der Waals surface area contributed by atoms with Crippen molar-refractivity contribution in [1.29, 1.82) is 0 Å². The van der Waals surface area contributed by atoms with Gasteiger partial charge in [0.2, 0.25) is 5.75 Å². The van der Waals surface area contributed by atoms with E-state index in [0.29, 0.717) is 17.4 Å². The van der Waals surface area contributed by atoms with Gasteiger partial charge in [-0.25, -0.2) is 9.97 Å². The highest BCUT2D eigenvalue weighted by Crippen LogP contribution is 2.28. The van der Waals surface area contributed by atoms with Gasteiger partial charge >= 0.3 is 0 Å². The molecule has 0 atom stereocenters. The van der Waals surface area contributed by atoms with Gasteiger partial charge in [-0.15, -0.1) is 0 Å². The summed E-state index contributed by atoms with van der Waals surface area (Å²) in [5.74, 6) is 2.03. The van der Waals surface area contributed by atoms with E-state index >= 15 is 0 Å². The molecule has 0 aliphatic rings. The standard InChI is InChI=1S/C15H20N4O/c1-11-6-4-5-7-12(11)8-9-17-15-13(20-3)14(16-2)18-10-19-15/h4-7,10H,8-9H2,1-3H3,(H2,16,17,18,19). The Labute approximate surface area is 119 Å². The predicted molar refractivity (Wildman–Crippen MR) is 81.5 cm³/mol. The summed E-state index contributed by atoms with van der Waals surface area (Å²) in [6, 6.07) is 8.39. The second-order valence-corrected chi connectivity index (χ2v) is 4.46. The fourth-order valence-electron chi connectivity index (χ4n) is 2.08. The minimum atomic E-state index is 0.639. The van der Waals surface area contributed by atoms with Crippen LogP contribution >= 0.6 is 0 Å². The molecular weight excluding hydrogens is 252 g/mol. The van der Waals surface area contributed by atoms with Gasteiger partial charge in [0.15, 0.2) is 11.6 Å². The molecule has 0 saturated heterocycles. The molecule has 2 aromatic rings. The normalized spacial score (nSPS) is 10.2. The molecule has 1 aromatic heterocycles. The van der Waals surface area contributed by atoms with E-state index in [1.165, 1.54) is 17.5 Å². The zero-order chi connectivity index (χ0) is 14.4. The average Bonchev–Trinajstić information content (AvgIpc) is 2.48. The summed E-state index contributed by atoms with van der Waals surface area (Å²) in [6.07, 6.45) is 2.46. The molecule has 2 rings (SSSR count). The van der Waals surface area contributed by atoms with Crippen molar-refractivity contribution < 1.29 is 4.74 Å². The molecule has 0 aliphatic heterocycles. The Kier molecular flexibility index (Phi) is 4.76. The number of rotatable bonds is 6. The van der Waals surface area contributed by atoms with Crippen molar-refractivity contribution >= 4 is 11.6 Å². The lowest BCUT2D eigenvalue weighted by molar-refractivity contribution is 0.415. The molecule has 0 spiro atoms. The second-order valence-electron chi connectivity index (χ2n) is 4.46. The van der Waals surface area contributed by atoms with Crippen LogP contribution in [-0.4, -0.2) is 30.7 Å². The lowest BCUT2D eigenvalue weighted by Gasteiger charge is -2.13. The van der Waals surface area contributed by atoms with Gasteiger partial charge in [0.25, 0.3) is 0 Å². The molecule has 5 nitrogen and oxygen atoms in total. The third kappa shape index (κ3) is 3.17. The Balaban J connectivity index is 2.03. The molecule has 0 fully saturated rings. The van der Waals surface area contributed by atoms with E-state index in [1.807, 2.05) is 7.05 Å². The van der Waals surface area contributed by atoms with Gasteiger partial charge in [-0.05, 0) is 24.5 Å². The van der Waals surface area contributed by atoms with Crippen molar-refractivity contribution in [1.82, 2.24) is 9.97 Å². The van der Waals surface area contributed by atoms with Crippen LogP contribution in [0.5, 0.6) is 5.75 Å². The van der Waals surface area contributed by atoms with Gasteiger partial charge in [0, 0.05) is 13.6 Å². The monoisotopic (exact) mass is 272 g/mol. The largest absolute Gasteiger partial charge is 0.490 e. The van der Waals surface area contributed by atoms with Gasteiger partial charge in [0.05, 0.1) is 7.11 Å². The maximum Gasteiger partial charge on any atom is 0.204 e. The summed E-state index contributed by atoms with van der Waals surface area (Å²) in [4.78, 5) is 8.35. The van der Waals surface area contributed by atoms with Crippen molar-refractivity contribution in [3.63, 3.8) is 0 Å². The van der Waals surface area contributed by atoms with Crippen molar-refractivity contribution in [3.8, 4) is 5.75 Å². The molecular formula is C15H20N4O. The van der Waals surface area contributed by atoms with Gasteiger partial charge in [-0.2, -0.15) is 0 Å². The quantitative estimate of drug-likeness (QED) is 0.846. The first-order chi connectivity index (χ1) is 9.76.